The molecule has 0 aromatic carbocycles. The minimum Gasteiger partial charge on any atom is -0.490 e. The Hall–Kier alpha value is -2.65. The fourth-order valence-corrected chi connectivity index (χ4v) is 7.76. The van der Waals surface area contributed by atoms with Gasteiger partial charge >= 0.3 is 5.97 Å². The fraction of sp³-hybridized carbons (Fsp3) is 0.698. The molecule has 5 N–H and O–H groups in total. The summed E-state index contributed by atoms with van der Waals surface area (Å²) in [7, 11) is 2.86. The van der Waals surface area contributed by atoms with Gasteiger partial charge in [-0.3, -0.25) is 0 Å². The predicted octanol–water partition coefficient (Wildman–Crippen LogP) is 5.05. The van der Waals surface area contributed by atoms with Crippen LogP contribution < -0.4 is 0 Å². The maximum atomic E-state index is 13.8. The molecule has 0 aromatic heterocycles. The normalized spacial score (nSPS) is 42.6. The lowest BCUT2D eigenvalue weighted by molar-refractivity contribution is -0.339. The van der Waals surface area contributed by atoms with E-state index in [-0.39, 0.29) is 36.4 Å². The van der Waals surface area contributed by atoms with E-state index in [1.54, 1.807) is 32.9 Å². The molecule has 12 nitrogen and oxygen atoms in total. The van der Waals surface area contributed by atoms with Crippen molar-refractivity contribution in [1.82, 2.24) is 0 Å². The summed E-state index contributed by atoms with van der Waals surface area (Å²) in [4.78, 5) is 13.8. The van der Waals surface area contributed by atoms with Gasteiger partial charge in [-0.15, -0.1) is 0 Å². The van der Waals surface area contributed by atoms with Crippen LogP contribution in [0.3, 0.4) is 0 Å². The Labute approximate surface area is 328 Å². The Bertz CT molecular complexity index is 1410. The number of aliphatic hydroxyl groups excluding tert-OH is 4. The number of carbonyl (C=O) groups is 1. The fourth-order valence-electron chi connectivity index (χ4n) is 7.76. The molecule has 3 rings (SSSR count). The van der Waals surface area contributed by atoms with Gasteiger partial charge in [0.2, 0.25) is 5.76 Å². The molecular weight excluding hydrogens is 708 g/mol. The summed E-state index contributed by atoms with van der Waals surface area (Å²) in [6.07, 6.45) is 8.29. The van der Waals surface area contributed by atoms with Gasteiger partial charge in [-0.05, 0) is 46.1 Å². The summed E-state index contributed by atoms with van der Waals surface area (Å²) in [5.74, 6) is -5.04. The first-order valence-electron chi connectivity index (χ1n) is 19.6. The molecule has 312 valence electrons. The van der Waals surface area contributed by atoms with Gasteiger partial charge in [0.05, 0.1) is 43.7 Å². The number of hydrogen-bond donors (Lipinski definition) is 5. The maximum Gasteiger partial charge on any atom is 0.373 e. The lowest BCUT2D eigenvalue weighted by Crippen LogP contribution is -2.59. The van der Waals surface area contributed by atoms with E-state index in [9.17, 15) is 30.3 Å². The largest absolute Gasteiger partial charge is 0.490 e. The second-order valence-corrected chi connectivity index (χ2v) is 15.9. The topological polar surface area (TPSA) is 174 Å². The van der Waals surface area contributed by atoms with Crippen LogP contribution in [0.4, 0.5) is 0 Å². The summed E-state index contributed by atoms with van der Waals surface area (Å²) in [5, 5.41) is 56.1. The van der Waals surface area contributed by atoms with Crippen molar-refractivity contribution in [2.24, 2.45) is 29.6 Å². The molecule has 12 heteroatoms. The van der Waals surface area contributed by atoms with Gasteiger partial charge in [-0.25, -0.2) is 4.79 Å². The third-order valence-corrected chi connectivity index (χ3v) is 11.4. The molecule has 55 heavy (non-hydrogen) atoms. The quantitative estimate of drug-likeness (QED) is 0.148. The average molecular weight is 777 g/mol. The summed E-state index contributed by atoms with van der Waals surface area (Å²) in [6, 6.07) is 0. The smallest absolute Gasteiger partial charge is 0.373 e. The van der Waals surface area contributed by atoms with Gasteiger partial charge in [0.1, 0.15) is 18.3 Å². The number of esters is 1. The Morgan fingerprint density at radius 2 is 1.73 bits per heavy atom. The van der Waals surface area contributed by atoms with Gasteiger partial charge in [0.15, 0.2) is 12.1 Å². The van der Waals surface area contributed by atoms with E-state index in [0.717, 1.165) is 5.57 Å². The van der Waals surface area contributed by atoms with Crippen molar-refractivity contribution in [2.75, 3.05) is 14.2 Å². The standard InChI is InChI=1S/C43H68O12/c1-12-13-14-17-33-28(6)36(53-37-22-32(44)40(47)31(9)52-37)23-43(49,55-33)30(8)39(46)29(7)41-34(50-10)18-15-16-24(2)19-26(4)38(45)27(5)20-25(3)21-35(51-11)42(48)54-41/h12-18,20-21,26-34,36-41,44-47,49H,19,22-23H2,1-11H3/b13-12+,17-14-,18-15+,24-16+,25-20+,35-21-/t26-,27-,28-,29-,30-,31+,32-,33-,34+,36-,37-,38+,39+,40-,41+,43-/m1/s1. The number of hydrogen-bond acceptors (Lipinski definition) is 12. The van der Waals surface area contributed by atoms with E-state index in [0.29, 0.717) is 12.0 Å². The first-order valence-corrected chi connectivity index (χ1v) is 19.6. The van der Waals surface area contributed by atoms with Crippen molar-refractivity contribution < 1.29 is 58.7 Å². The molecule has 0 spiro atoms. The highest BCUT2D eigenvalue weighted by Gasteiger charge is 2.52. The number of cyclic esters (lactones) is 1. The molecule has 3 aliphatic heterocycles. The van der Waals surface area contributed by atoms with E-state index < -0.39 is 84.8 Å². The number of ether oxygens (including phenoxy) is 6. The van der Waals surface area contributed by atoms with Crippen molar-refractivity contribution in [1.29, 1.82) is 0 Å². The monoisotopic (exact) mass is 776 g/mol. The highest BCUT2D eigenvalue weighted by molar-refractivity contribution is 5.87. The average Bonchev–Trinajstić information content (AvgIpc) is 3.13. The summed E-state index contributed by atoms with van der Waals surface area (Å²) in [6.45, 7) is 16.6. The van der Waals surface area contributed by atoms with Gasteiger partial charge in [0, 0.05) is 43.6 Å². The van der Waals surface area contributed by atoms with Crippen molar-refractivity contribution in [2.45, 2.75) is 149 Å². The van der Waals surface area contributed by atoms with E-state index in [1.807, 2.05) is 84.1 Å². The predicted molar refractivity (Wildman–Crippen MR) is 209 cm³/mol. The van der Waals surface area contributed by atoms with E-state index in [1.165, 1.54) is 14.2 Å². The van der Waals surface area contributed by atoms with Gasteiger partial charge in [0.25, 0.3) is 0 Å². The summed E-state index contributed by atoms with van der Waals surface area (Å²) >= 11 is 0. The summed E-state index contributed by atoms with van der Waals surface area (Å²) in [5.41, 5.74) is 1.74. The van der Waals surface area contributed by atoms with Crippen LogP contribution in [0.1, 0.15) is 81.6 Å². The molecule has 0 amide bonds. The lowest BCUT2D eigenvalue weighted by Gasteiger charge is -2.49. The minimum atomic E-state index is -1.92. The lowest BCUT2D eigenvalue weighted by atomic mass is 9.77. The van der Waals surface area contributed by atoms with Gasteiger partial charge < -0.3 is 54.0 Å². The zero-order chi connectivity index (χ0) is 41.2. The van der Waals surface area contributed by atoms with Crippen molar-refractivity contribution in [3.63, 3.8) is 0 Å². The second kappa shape index (κ2) is 21.2. The number of carbonyl (C=O) groups excluding carboxylic acids is 1. The zero-order valence-corrected chi connectivity index (χ0v) is 34.6. The first kappa shape index (κ1) is 46.7. The molecule has 16 atom stereocenters. The van der Waals surface area contributed by atoms with Gasteiger partial charge in [-0.2, -0.15) is 0 Å². The van der Waals surface area contributed by atoms with Gasteiger partial charge in [-0.1, -0.05) is 94.4 Å². The molecule has 3 heterocycles. The van der Waals surface area contributed by atoms with Crippen LogP contribution in [0.25, 0.3) is 0 Å². The second-order valence-electron chi connectivity index (χ2n) is 15.9. The first-order chi connectivity index (χ1) is 25.9. The minimum absolute atomic E-state index is 0.0349. The molecule has 0 saturated carbocycles. The van der Waals surface area contributed by atoms with Crippen LogP contribution in [0.5, 0.6) is 0 Å². The third-order valence-electron chi connectivity index (χ3n) is 11.4. The molecule has 0 unspecified atom stereocenters. The van der Waals surface area contributed by atoms with Crippen LogP contribution in [-0.2, 0) is 33.2 Å². The zero-order valence-electron chi connectivity index (χ0n) is 34.6. The molecule has 2 saturated heterocycles. The van der Waals surface area contributed by atoms with Crippen molar-refractivity contribution in [3.8, 4) is 0 Å². The third kappa shape index (κ3) is 12.4. The molecule has 2 fully saturated rings. The van der Waals surface area contributed by atoms with Crippen molar-refractivity contribution in [3.05, 3.63) is 71.6 Å². The SMILES string of the molecule is C/C=C/C=C\[C@H]1O[C@@](O)([C@H](C)[C@@H](O)[C@@H](C)[C@@H]2OC(=O)/C(OC)=C/C(C)=C/[C@@H](C)[C@@H](O)[C@H](C)C/C(C)=C/C=C/[C@@H]2OC)C[C@@H](O[C@@H]2C[C@@H](O)[C@H](O)[C@H](C)O2)[C@@H]1C. The van der Waals surface area contributed by atoms with Crippen molar-refractivity contribution >= 4 is 5.97 Å². The Morgan fingerprint density at radius 3 is 2.35 bits per heavy atom. The molecule has 3 aliphatic rings. The van der Waals surface area contributed by atoms with Crippen LogP contribution in [0, 0.1) is 29.6 Å². The Kier molecular flexibility index (Phi) is 18.0. The van der Waals surface area contributed by atoms with Crippen LogP contribution >= 0.6 is 0 Å². The molecule has 0 aliphatic carbocycles. The van der Waals surface area contributed by atoms with Crippen LogP contribution in [0.2, 0.25) is 0 Å². The highest BCUT2D eigenvalue weighted by atomic mass is 16.7. The highest BCUT2D eigenvalue weighted by Crippen LogP contribution is 2.42. The molecule has 0 aromatic rings. The summed E-state index contributed by atoms with van der Waals surface area (Å²) < 4.78 is 36.1. The molecule has 0 radical (unpaired) electrons. The maximum absolute atomic E-state index is 13.8. The number of aliphatic hydroxyl groups is 5. The van der Waals surface area contributed by atoms with E-state index in [2.05, 4.69) is 0 Å². The number of allylic oxidation sites excluding steroid dienone is 8. The van der Waals surface area contributed by atoms with Crippen LogP contribution in [-0.4, -0.2) is 113 Å². The van der Waals surface area contributed by atoms with E-state index >= 15 is 0 Å². The van der Waals surface area contributed by atoms with Crippen LogP contribution in [0.15, 0.2) is 71.6 Å². The molecular formula is C43H68O12. The molecule has 0 bridgehead atoms. The Morgan fingerprint density at radius 1 is 1.04 bits per heavy atom. The van der Waals surface area contributed by atoms with E-state index in [4.69, 9.17) is 28.4 Å². The number of rotatable bonds is 10. The Balaban J connectivity index is 2.00. The number of methoxy groups -OCH3 is 2.